The van der Waals surface area contributed by atoms with E-state index >= 15 is 0 Å². The first-order valence-corrected chi connectivity index (χ1v) is 7.66. The third-order valence-corrected chi connectivity index (χ3v) is 5.19. The highest BCUT2D eigenvalue weighted by Gasteiger charge is 2.38. The van der Waals surface area contributed by atoms with Crippen molar-refractivity contribution in [3.05, 3.63) is 0 Å². The molecule has 0 bridgehead atoms. The van der Waals surface area contributed by atoms with Crippen LogP contribution in [-0.2, 0) is 9.53 Å². The minimum absolute atomic E-state index is 0.0577. The Morgan fingerprint density at radius 2 is 1.84 bits per heavy atom. The monoisotopic (exact) mass is 268 g/mol. The molecule has 0 atom stereocenters. The maximum Gasteiger partial charge on any atom is 0.220 e. The second kappa shape index (κ2) is 6.23. The summed E-state index contributed by atoms with van der Waals surface area (Å²) in [5.74, 6) is 0.149. The average Bonchev–Trinajstić information content (AvgIpc) is 2.39. The van der Waals surface area contributed by atoms with Gasteiger partial charge in [-0.3, -0.25) is 4.79 Å². The first-order valence-electron chi connectivity index (χ1n) is 7.66. The number of carbonyl (C=O) groups is 1. The van der Waals surface area contributed by atoms with Gasteiger partial charge in [-0.25, -0.2) is 0 Å². The quantitative estimate of drug-likeness (QED) is 0.774. The molecule has 0 aromatic rings. The van der Waals surface area contributed by atoms with Crippen molar-refractivity contribution in [3.8, 4) is 0 Å². The topological polar surface area (TPSA) is 64.3 Å². The Labute approximate surface area is 116 Å². The number of ether oxygens (including phenoxy) is 1. The summed E-state index contributed by atoms with van der Waals surface area (Å²) in [4.78, 5) is 12.2. The number of amides is 1. The van der Waals surface area contributed by atoms with Crippen LogP contribution in [0.25, 0.3) is 0 Å². The molecule has 2 aliphatic carbocycles. The molecule has 2 rings (SSSR count). The third kappa shape index (κ3) is 3.48. The van der Waals surface area contributed by atoms with Crippen molar-refractivity contribution in [1.29, 1.82) is 0 Å². The lowest BCUT2D eigenvalue weighted by Gasteiger charge is -2.41. The number of nitrogens with two attached hydrogens (primary N) is 1. The van der Waals surface area contributed by atoms with E-state index in [0.29, 0.717) is 19.5 Å². The van der Waals surface area contributed by atoms with Gasteiger partial charge in [0.05, 0.1) is 5.60 Å². The van der Waals surface area contributed by atoms with Crippen LogP contribution < -0.4 is 11.1 Å². The minimum atomic E-state index is -0.0852. The van der Waals surface area contributed by atoms with Gasteiger partial charge < -0.3 is 15.8 Å². The van der Waals surface area contributed by atoms with Gasteiger partial charge in [-0.2, -0.15) is 0 Å². The Hall–Kier alpha value is -0.610. The summed E-state index contributed by atoms with van der Waals surface area (Å²) in [6.45, 7) is 1.29. The van der Waals surface area contributed by atoms with Crippen LogP contribution in [0.4, 0.5) is 0 Å². The Morgan fingerprint density at radius 3 is 2.32 bits per heavy atom. The van der Waals surface area contributed by atoms with Crippen molar-refractivity contribution in [2.75, 3.05) is 20.2 Å². The van der Waals surface area contributed by atoms with Crippen LogP contribution in [0.2, 0.25) is 0 Å². The molecule has 0 saturated heterocycles. The van der Waals surface area contributed by atoms with Crippen LogP contribution in [0.15, 0.2) is 0 Å². The molecular formula is C15H28N2O2. The molecule has 0 spiro atoms. The molecule has 110 valence electrons. The van der Waals surface area contributed by atoms with Crippen molar-refractivity contribution in [2.24, 2.45) is 11.1 Å². The van der Waals surface area contributed by atoms with Crippen LogP contribution in [0.3, 0.4) is 0 Å². The highest BCUT2D eigenvalue weighted by atomic mass is 16.5. The lowest BCUT2D eigenvalue weighted by Crippen LogP contribution is -2.50. The number of rotatable bonds is 6. The molecule has 0 unspecified atom stereocenters. The van der Waals surface area contributed by atoms with Crippen LogP contribution in [0.5, 0.6) is 0 Å². The average molecular weight is 268 g/mol. The van der Waals surface area contributed by atoms with E-state index in [-0.39, 0.29) is 16.9 Å². The van der Waals surface area contributed by atoms with Crippen molar-refractivity contribution < 1.29 is 9.53 Å². The zero-order valence-corrected chi connectivity index (χ0v) is 12.2. The van der Waals surface area contributed by atoms with E-state index in [2.05, 4.69) is 5.32 Å². The molecule has 19 heavy (non-hydrogen) atoms. The summed E-state index contributed by atoms with van der Waals surface area (Å²) in [6, 6.07) is 0. The molecule has 0 aromatic heterocycles. The second-order valence-corrected chi connectivity index (χ2v) is 6.46. The number of methoxy groups -OCH3 is 1. The maximum atomic E-state index is 12.2. The zero-order valence-electron chi connectivity index (χ0n) is 12.2. The molecule has 0 radical (unpaired) electrons. The first-order chi connectivity index (χ1) is 9.14. The van der Waals surface area contributed by atoms with Gasteiger partial charge in [0.1, 0.15) is 0 Å². The molecule has 3 N–H and O–H groups in total. The molecule has 2 saturated carbocycles. The zero-order chi connectivity index (χ0) is 13.8. The van der Waals surface area contributed by atoms with Crippen LogP contribution in [-0.4, -0.2) is 31.7 Å². The molecule has 0 aliphatic heterocycles. The van der Waals surface area contributed by atoms with E-state index in [0.717, 1.165) is 25.7 Å². The SMILES string of the molecule is COC1(CNC(=O)CC2(CN)CCCCC2)CCC1. The van der Waals surface area contributed by atoms with E-state index in [1.807, 2.05) is 0 Å². The fourth-order valence-corrected chi connectivity index (χ4v) is 3.44. The van der Waals surface area contributed by atoms with Gasteiger partial charge in [-0.15, -0.1) is 0 Å². The molecule has 2 fully saturated rings. The molecule has 4 nitrogen and oxygen atoms in total. The van der Waals surface area contributed by atoms with Gasteiger partial charge in [-0.05, 0) is 44.1 Å². The predicted octanol–water partition coefficient (Wildman–Crippen LogP) is 1.97. The maximum absolute atomic E-state index is 12.2. The minimum Gasteiger partial charge on any atom is -0.376 e. The Morgan fingerprint density at radius 1 is 1.16 bits per heavy atom. The Balaban J connectivity index is 1.79. The molecule has 4 heteroatoms. The summed E-state index contributed by atoms with van der Waals surface area (Å²) in [6.07, 6.45) is 9.84. The van der Waals surface area contributed by atoms with E-state index in [1.54, 1.807) is 7.11 Å². The van der Waals surface area contributed by atoms with Crippen molar-refractivity contribution in [1.82, 2.24) is 5.32 Å². The van der Waals surface area contributed by atoms with Gasteiger partial charge >= 0.3 is 0 Å². The van der Waals surface area contributed by atoms with E-state index < -0.39 is 0 Å². The first kappa shape index (κ1) is 14.8. The number of hydrogen-bond acceptors (Lipinski definition) is 3. The highest BCUT2D eigenvalue weighted by molar-refractivity contribution is 5.76. The molecule has 0 heterocycles. The number of nitrogens with one attached hydrogen (secondary N) is 1. The standard InChI is InChI=1S/C15H28N2O2/c1-19-15(8-5-9-15)12-17-13(18)10-14(11-16)6-3-2-4-7-14/h2-12,16H2,1H3,(H,17,18). The number of carbonyl (C=O) groups excluding carboxylic acids is 1. The van der Waals surface area contributed by atoms with Gasteiger partial charge in [0.15, 0.2) is 0 Å². The van der Waals surface area contributed by atoms with Gasteiger partial charge in [0.25, 0.3) is 0 Å². The van der Waals surface area contributed by atoms with Crippen molar-refractivity contribution in [3.63, 3.8) is 0 Å². The fourth-order valence-electron chi connectivity index (χ4n) is 3.44. The van der Waals surface area contributed by atoms with Crippen LogP contribution in [0, 0.1) is 5.41 Å². The summed E-state index contributed by atoms with van der Waals surface area (Å²) >= 11 is 0. The Bertz CT molecular complexity index is 302. The van der Waals surface area contributed by atoms with Crippen LogP contribution >= 0.6 is 0 Å². The molecule has 1 amide bonds. The van der Waals surface area contributed by atoms with E-state index in [1.165, 1.54) is 25.7 Å². The largest absolute Gasteiger partial charge is 0.376 e. The predicted molar refractivity (Wildman–Crippen MR) is 75.8 cm³/mol. The second-order valence-electron chi connectivity index (χ2n) is 6.46. The van der Waals surface area contributed by atoms with Crippen LogP contribution in [0.1, 0.15) is 57.8 Å². The molecule has 2 aliphatic rings. The van der Waals surface area contributed by atoms with Crippen molar-refractivity contribution in [2.45, 2.75) is 63.4 Å². The lowest BCUT2D eigenvalue weighted by molar-refractivity contribution is -0.127. The molecular weight excluding hydrogens is 240 g/mol. The number of hydrogen-bond donors (Lipinski definition) is 2. The normalized spacial score (nSPS) is 24.5. The lowest BCUT2D eigenvalue weighted by atomic mass is 9.71. The van der Waals surface area contributed by atoms with Gasteiger partial charge in [0, 0.05) is 20.1 Å². The summed E-state index contributed by atoms with van der Waals surface area (Å²) in [5, 5.41) is 3.06. The fraction of sp³-hybridized carbons (Fsp3) is 0.933. The van der Waals surface area contributed by atoms with Crippen molar-refractivity contribution >= 4 is 5.91 Å². The summed E-state index contributed by atoms with van der Waals surface area (Å²) in [5.41, 5.74) is 5.90. The highest BCUT2D eigenvalue weighted by Crippen LogP contribution is 2.38. The smallest absolute Gasteiger partial charge is 0.220 e. The van der Waals surface area contributed by atoms with E-state index in [4.69, 9.17) is 10.5 Å². The third-order valence-electron chi connectivity index (χ3n) is 5.19. The summed E-state index contributed by atoms with van der Waals surface area (Å²) in [7, 11) is 1.74. The Kier molecular flexibility index (Phi) is 4.85. The van der Waals surface area contributed by atoms with E-state index in [9.17, 15) is 4.79 Å². The summed E-state index contributed by atoms with van der Waals surface area (Å²) < 4.78 is 5.53. The van der Waals surface area contributed by atoms with Gasteiger partial charge in [-0.1, -0.05) is 19.3 Å². The molecule has 0 aromatic carbocycles. The van der Waals surface area contributed by atoms with Gasteiger partial charge in [0.2, 0.25) is 5.91 Å².